The minimum absolute atomic E-state index is 0. The van der Waals surface area contributed by atoms with Crippen LogP contribution in [0.25, 0.3) is 0 Å². The molecule has 0 fully saturated rings. The molecule has 0 aliphatic rings. The Bertz CT molecular complexity index is 65.9. The molecule has 0 saturated heterocycles. The Morgan fingerprint density at radius 2 is 0.923 bits per heavy atom. The van der Waals surface area contributed by atoms with Crippen molar-refractivity contribution in [1.29, 1.82) is 0 Å². The van der Waals surface area contributed by atoms with Crippen molar-refractivity contribution in [2.24, 2.45) is 0 Å². The van der Waals surface area contributed by atoms with Gasteiger partial charge in [0.2, 0.25) is 0 Å². The van der Waals surface area contributed by atoms with Gasteiger partial charge in [-0.2, -0.15) is 0 Å². The largest absolute Gasteiger partial charge is 1.00 e. The zero-order valence-corrected chi connectivity index (χ0v) is 13.1. The molecule has 0 aromatic heterocycles. The minimum Gasteiger partial charge on any atom is -1.00 e. The first-order valence-electron chi connectivity index (χ1n) is 3.49. The third kappa shape index (κ3) is 16.1. The average molecular weight is 425 g/mol. The number of hydrogen-bond acceptors (Lipinski definition) is 3. The third-order valence-electron chi connectivity index (χ3n) is 0.642. The van der Waals surface area contributed by atoms with Gasteiger partial charge in [-0.15, -0.1) is 0 Å². The first kappa shape index (κ1) is 23.9. The van der Waals surface area contributed by atoms with Crippen molar-refractivity contribution >= 4 is 0 Å². The van der Waals surface area contributed by atoms with Crippen LogP contribution in [0.5, 0.6) is 0 Å². The second kappa shape index (κ2) is 19.1. The zero-order chi connectivity index (χ0) is 7.82. The Morgan fingerprint density at radius 1 is 0.692 bits per heavy atom. The summed E-state index contributed by atoms with van der Waals surface area (Å²) in [6.45, 7) is 7.98. The Morgan fingerprint density at radius 3 is 1.08 bits per heavy atom. The molecule has 7 heteroatoms. The molecule has 0 aromatic carbocycles. The molecule has 84 valence electrons. The van der Waals surface area contributed by atoms with Crippen molar-refractivity contribution in [3.05, 3.63) is 0 Å². The fourth-order valence-electron chi connectivity index (χ4n) is 0.391. The molecular formula is C6H15Cl3O3W. The molecule has 0 N–H and O–H groups in total. The molecule has 0 heterocycles. The van der Waals surface area contributed by atoms with Gasteiger partial charge in [-0.3, -0.25) is 0 Å². The second-order valence-electron chi connectivity index (χ2n) is 1.42. The van der Waals surface area contributed by atoms with Crippen molar-refractivity contribution in [2.75, 3.05) is 19.8 Å². The summed E-state index contributed by atoms with van der Waals surface area (Å²) in [5.41, 5.74) is 0. The van der Waals surface area contributed by atoms with Gasteiger partial charge < -0.3 is 37.2 Å². The van der Waals surface area contributed by atoms with Crippen molar-refractivity contribution in [2.45, 2.75) is 20.8 Å². The van der Waals surface area contributed by atoms with Gasteiger partial charge in [0.25, 0.3) is 0 Å². The topological polar surface area (TPSA) is 27.7 Å². The molecule has 13 heavy (non-hydrogen) atoms. The average Bonchev–Trinajstić information content (AvgIpc) is 1.90. The van der Waals surface area contributed by atoms with E-state index >= 15 is 0 Å². The van der Waals surface area contributed by atoms with Gasteiger partial charge >= 0.3 is 69.2 Å². The van der Waals surface area contributed by atoms with Crippen molar-refractivity contribution in [1.82, 2.24) is 0 Å². The quantitative estimate of drug-likeness (QED) is 0.424. The zero-order valence-electron chi connectivity index (χ0n) is 7.89. The van der Waals surface area contributed by atoms with E-state index in [1.54, 1.807) is 0 Å². The summed E-state index contributed by atoms with van der Waals surface area (Å²) in [4.78, 5) is 0. The van der Waals surface area contributed by atoms with E-state index in [0.29, 0.717) is 19.8 Å². The molecule has 3 nitrogen and oxygen atoms in total. The summed E-state index contributed by atoms with van der Waals surface area (Å²) in [5.74, 6) is 0. The summed E-state index contributed by atoms with van der Waals surface area (Å²) in [7, 11) is 0. The fraction of sp³-hybridized carbons (Fsp3) is 1.00. The molecular weight excluding hydrogens is 410 g/mol. The molecule has 0 rings (SSSR count). The maximum Gasteiger partial charge on any atom is -1.00 e. The Kier molecular flexibility index (Phi) is 35.1. The smallest absolute Gasteiger partial charge is 1.00 e. The summed E-state index contributed by atoms with van der Waals surface area (Å²) in [6, 6.07) is 0. The van der Waals surface area contributed by atoms with E-state index in [-0.39, 0.29) is 37.2 Å². The van der Waals surface area contributed by atoms with E-state index in [2.05, 4.69) is 0 Å². The van der Waals surface area contributed by atoms with Crippen LogP contribution in [0.4, 0.5) is 0 Å². The van der Waals surface area contributed by atoms with Crippen LogP contribution in [0.2, 0.25) is 0 Å². The van der Waals surface area contributed by atoms with E-state index in [1.807, 2.05) is 20.8 Å². The predicted molar refractivity (Wildman–Crippen MR) is 34.9 cm³/mol. The van der Waals surface area contributed by atoms with Crippen LogP contribution in [0.1, 0.15) is 20.8 Å². The molecule has 0 atom stereocenters. The van der Waals surface area contributed by atoms with Crippen molar-refractivity contribution in [3.8, 4) is 0 Å². The molecule has 0 aromatic rings. The van der Waals surface area contributed by atoms with Gasteiger partial charge in [-0.25, -0.2) is 0 Å². The van der Waals surface area contributed by atoms with Gasteiger partial charge in [-0.05, 0) is 0 Å². The van der Waals surface area contributed by atoms with Gasteiger partial charge in [0.1, 0.15) is 0 Å². The van der Waals surface area contributed by atoms with E-state index in [4.69, 9.17) is 10.2 Å². The van der Waals surface area contributed by atoms with Crippen LogP contribution in [-0.2, 0) is 28.6 Å². The Balaban J connectivity index is -0.000000135. The number of rotatable bonds is 6. The maximum atomic E-state index is 5.27. The summed E-state index contributed by atoms with van der Waals surface area (Å²) in [6.07, 6.45) is 0. The summed E-state index contributed by atoms with van der Waals surface area (Å²) >= 11 is -2.24. The van der Waals surface area contributed by atoms with Crippen molar-refractivity contribution < 1.29 is 65.8 Å². The molecule has 0 amide bonds. The van der Waals surface area contributed by atoms with E-state index in [0.717, 1.165) is 0 Å². The fourth-order valence-corrected chi connectivity index (χ4v) is 3.20. The van der Waals surface area contributed by atoms with Gasteiger partial charge in [0.05, 0.1) is 0 Å². The molecule has 0 bridgehead atoms. The van der Waals surface area contributed by atoms with Crippen LogP contribution in [0, 0.1) is 0 Å². The second-order valence-corrected chi connectivity index (χ2v) is 5.43. The van der Waals surface area contributed by atoms with E-state index in [9.17, 15) is 0 Å². The van der Waals surface area contributed by atoms with Crippen molar-refractivity contribution in [3.63, 3.8) is 0 Å². The molecule has 0 aliphatic carbocycles. The third-order valence-corrected chi connectivity index (χ3v) is 5.26. The van der Waals surface area contributed by atoms with E-state index < -0.39 is 18.5 Å². The summed E-state index contributed by atoms with van der Waals surface area (Å²) in [5, 5.41) is 0. The van der Waals surface area contributed by atoms with Crippen LogP contribution in [0.15, 0.2) is 0 Å². The predicted octanol–water partition coefficient (Wildman–Crippen LogP) is -7.53. The molecule has 0 saturated carbocycles. The normalized spacial score (nSPS) is 7.62. The maximum absolute atomic E-state index is 5.27. The SMILES string of the molecule is CC[O][W+3]([O]CC)[O]CC.[Cl-].[Cl-].[Cl-]. The standard InChI is InChI=1S/3C2H5O.3ClH.W/c3*1-2-3;;;;/h3*2H2,1H3;3*1H;/q3*-1;;;;+6/p-3. The molecule has 0 aliphatic heterocycles. The Labute approximate surface area is 106 Å². The molecule has 0 spiro atoms. The van der Waals surface area contributed by atoms with Crippen LogP contribution in [0.3, 0.4) is 0 Å². The summed E-state index contributed by atoms with van der Waals surface area (Å²) < 4.78 is 15.8. The van der Waals surface area contributed by atoms with Crippen LogP contribution in [-0.4, -0.2) is 19.8 Å². The van der Waals surface area contributed by atoms with E-state index in [1.165, 1.54) is 0 Å². The van der Waals surface area contributed by atoms with Gasteiger partial charge in [0.15, 0.2) is 0 Å². The Hall–Kier alpha value is 1.44. The molecule has 0 unspecified atom stereocenters. The van der Waals surface area contributed by atoms with Crippen LogP contribution < -0.4 is 37.2 Å². The van der Waals surface area contributed by atoms with Gasteiger partial charge in [-0.1, -0.05) is 0 Å². The first-order chi connectivity index (χ1) is 4.85. The number of halogens is 3. The monoisotopic (exact) mass is 424 g/mol. The number of hydrogen-bond donors (Lipinski definition) is 0. The molecule has 0 radical (unpaired) electrons. The van der Waals surface area contributed by atoms with Crippen LogP contribution >= 0.6 is 0 Å². The minimum atomic E-state index is -2.24. The van der Waals surface area contributed by atoms with Gasteiger partial charge in [0, 0.05) is 0 Å². The first-order valence-corrected chi connectivity index (χ1v) is 7.08.